The number of rotatable bonds is 6. The first-order chi connectivity index (χ1) is 12.7. The van der Waals surface area contributed by atoms with Crippen LogP contribution in [0.2, 0.25) is 5.02 Å². The van der Waals surface area contributed by atoms with Gasteiger partial charge in [-0.1, -0.05) is 29.8 Å². The number of benzene rings is 2. The number of pyridine rings is 1. The second-order valence-corrected chi connectivity index (χ2v) is 6.29. The number of hydrogen-bond acceptors (Lipinski definition) is 3. The van der Waals surface area contributed by atoms with E-state index in [4.69, 9.17) is 16.3 Å². The zero-order valence-corrected chi connectivity index (χ0v) is 15.2. The summed E-state index contributed by atoms with van der Waals surface area (Å²) in [7, 11) is 1.65. The molecule has 0 unspecified atom stereocenters. The van der Waals surface area contributed by atoms with Crippen molar-refractivity contribution in [2.75, 3.05) is 7.11 Å². The van der Waals surface area contributed by atoms with Crippen molar-refractivity contribution >= 4 is 17.5 Å². The molecule has 0 saturated carbocycles. The minimum Gasteiger partial charge on any atom is -0.380 e. The molecule has 132 valence electrons. The Labute approximate surface area is 157 Å². The molecule has 2 aromatic carbocycles. The lowest BCUT2D eigenvalue weighted by Gasteiger charge is -2.12. The maximum atomic E-state index is 12.5. The molecule has 0 aliphatic carbocycles. The predicted octanol–water partition coefficient (Wildman–Crippen LogP) is 4.48. The maximum absolute atomic E-state index is 12.5. The van der Waals surface area contributed by atoms with Crippen LogP contribution in [0.4, 0.5) is 0 Å². The Hall–Kier alpha value is -2.69. The van der Waals surface area contributed by atoms with Crippen molar-refractivity contribution in [1.29, 1.82) is 0 Å². The summed E-state index contributed by atoms with van der Waals surface area (Å²) in [6.45, 7) is 0.925. The Bertz CT molecular complexity index is 880. The van der Waals surface area contributed by atoms with E-state index in [1.807, 2.05) is 54.6 Å². The highest BCUT2D eigenvalue weighted by molar-refractivity contribution is 6.30. The van der Waals surface area contributed by atoms with E-state index in [0.29, 0.717) is 23.7 Å². The van der Waals surface area contributed by atoms with Crippen molar-refractivity contribution in [2.45, 2.75) is 13.2 Å². The van der Waals surface area contributed by atoms with Crippen LogP contribution < -0.4 is 5.32 Å². The van der Waals surface area contributed by atoms with Gasteiger partial charge in [0.1, 0.15) is 0 Å². The summed E-state index contributed by atoms with van der Waals surface area (Å²) < 4.78 is 5.29. The first-order valence-corrected chi connectivity index (χ1v) is 8.60. The normalized spacial score (nSPS) is 10.5. The molecule has 0 saturated heterocycles. The Morgan fingerprint density at radius 1 is 1.08 bits per heavy atom. The first-order valence-electron chi connectivity index (χ1n) is 8.22. The van der Waals surface area contributed by atoms with Gasteiger partial charge in [0.15, 0.2) is 0 Å². The number of nitrogens with zero attached hydrogens (tertiary/aromatic N) is 1. The molecule has 3 rings (SSSR count). The summed E-state index contributed by atoms with van der Waals surface area (Å²) in [6.07, 6.45) is 3.42. The highest BCUT2D eigenvalue weighted by Crippen LogP contribution is 2.27. The predicted molar refractivity (Wildman–Crippen MR) is 103 cm³/mol. The van der Waals surface area contributed by atoms with Crippen molar-refractivity contribution in [3.05, 3.63) is 88.7 Å². The molecular formula is C21H19ClN2O2. The highest BCUT2D eigenvalue weighted by atomic mass is 35.5. The maximum Gasteiger partial charge on any atom is 0.251 e. The molecule has 0 fully saturated rings. The number of carbonyl (C=O) groups excluding carboxylic acids is 1. The van der Waals surface area contributed by atoms with E-state index in [1.54, 1.807) is 19.5 Å². The summed E-state index contributed by atoms with van der Waals surface area (Å²) >= 11 is 5.99. The number of methoxy groups -OCH3 is 1. The lowest BCUT2D eigenvalue weighted by atomic mass is 9.97. The fourth-order valence-electron chi connectivity index (χ4n) is 2.68. The molecule has 0 spiro atoms. The molecule has 0 radical (unpaired) electrons. The fraction of sp³-hybridized carbons (Fsp3) is 0.143. The number of hydrogen-bond donors (Lipinski definition) is 1. The van der Waals surface area contributed by atoms with E-state index in [9.17, 15) is 4.79 Å². The van der Waals surface area contributed by atoms with Crippen molar-refractivity contribution in [3.63, 3.8) is 0 Å². The summed E-state index contributed by atoms with van der Waals surface area (Å²) in [5, 5.41) is 3.61. The molecule has 0 aliphatic rings. The van der Waals surface area contributed by atoms with E-state index in [0.717, 1.165) is 22.3 Å². The molecule has 5 heteroatoms. The number of halogens is 1. The molecule has 3 aromatic rings. The van der Waals surface area contributed by atoms with Gasteiger partial charge in [0.25, 0.3) is 5.91 Å². The largest absolute Gasteiger partial charge is 0.380 e. The Morgan fingerprint density at radius 3 is 2.50 bits per heavy atom. The topological polar surface area (TPSA) is 51.2 Å². The molecule has 1 N–H and O–H groups in total. The van der Waals surface area contributed by atoms with Crippen molar-refractivity contribution in [3.8, 4) is 11.1 Å². The SMILES string of the molecule is COCc1ccc(C(=O)NCc2ccncc2)cc1-c1ccc(Cl)cc1. The summed E-state index contributed by atoms with van der Waals surface area (Å²) in [4.78, 5) is 16.5. The van der Waals surface area contributed by atoms with Crippen LogP contribution in [0.1, 0.15) is 21.5 Å². The Balaban J connectivity index is 1.84. The molecular weight excluding hydrogens is 348 g/mol. The van der Waals surface area contributed by atoms with Gasteiger partial charge in [-0.3, -0.25) is 9.78 Å². The van der Waals surface area contributed by atoms with Crippen LogP contribution in [0.5, 0.6) is 0 Å². The second-order valence-electron chi connectivity index (χ2n) is 5.85. The third-order valence-corrected chi connectivity index (χ3v) is 4.28. The summed E-state index contributed by atoms with van der Waals surface area (Å²) in [5.74, 6) is -0.124. The highest BCUT2D eigenvalue weighted by Gasteiger charge is 2.11. The monoisotopic (exact) mass is 366 g/mol. The zero-order chi connectivity index (χ0) is 18.4. The van der Waals surface area contributed by atoms with Gasteiger partial charge in [-0.15, -0.1) is 0 Å². The Kier molecular flexibility index (Phi) is 6.00. The second kappa shape index (κ2) is 8.61. The zero-order valence-electron chi connectivity index (χ0n) is 14.4. The quantitative estimate of drug-likeness (QED) is 0.699. The number of aromatic nitrogens is 1. The molecule has 1 aromatic heterocycles. The van der Waals surface area contributed by atoms with Gasteiger partial charge in [-0.05, 0) is 58.7 Å². The van der Waals surface area contributed by atoms with E-state index in [1.165, 1.54) is 0 Å². The van der Waals surface area contributed by atoms with Crippen LogP contribution in [0, 0.1) is 0 Å². The van der Waals surface area contributed by atoms with E-state index >= 15 is 0 Å². The van der Waals surface area contributed by atoms with Gasteiger partial charge >= 0.3 is 0 Å². The van der Waals surface area contributed by atoms with Crippen LogP contribution in [-0.2, 0) is 17.9 Å². The lowest BCUT2D eigenvalue weighted by Crippen LogP contribution is -2.22. The van der Waals surface area contributed by atoms with Gasteiger partial charge in [-0.25, -0.2) is 0 Å². The van der Waals surface area contributed by atoms with Gasteiger partial charge in [0.05, 0.1) is 6.61 Å². The first kappa shape index (κ1) is 18.1. The van der Waals surface area contributed by atoms with Crippen LogP contribution >= 0.6 is 11.6 Å². The van der Waals surface area contributed by atoms with Crippen molar-refractivity contribution in [2.24, 2.45) is 0 Å². The average Bonchev–Trinajstić information content (AvgIpc) is 2.68. The van der Waals surface area contributed by atoms with E-state index in [-0.39, 0.29) is 5.91 Å². The fourth-order valence-corrected chi connectivity index (χ4v) is 2.81. The van der Waals surface area contributed by atoms with Crippen LogP contribution in [0.3, 0.4) is 0 Å². The number of ether oxygens (including phenoxy) is 1. The molecule has 26 heavy (non-hydrogen) atoms. The molecule has 1 amide bonds. The minimum absolute atomic E-state index is 0.124. The van der Waals surface area contributed by atoms with Crippen LogP contribution in [-0.4, -0.2) is 18.0 Å². The van der Waals surface area contributed by atoms with Gasteiger partial charge in [-0.2, -0.15) is 0 Å². The summed E-state index contributed by atoms with van der Waals surface area (Å²) in [5.41, 5.74) is 4.57. The number of nitrogens with one attached hydrogen (secondary N) is 1. The Morgan fingerprint density at radius 2 is 1.81 bits per heavy atom. The van der Waals surface area contributed by atoms with E-state index in [2.05, 4.69) is 10.3 Å². The molecule has 0 bridgehead atoms. The van der Waals surface area contributed by atoms with Crippen molar-refractivity contribution in [1.82, 2.24) is 10.3 Å². The average molecular weight is 367 g/mol. The summed E-state index contributed by atoms with van der Waals surface area (Å²) in [6, 6.07) is 16.9. The smallest absolute Gasteiger partial charge is 0.251 e. The van der Waals surface area contributed by atoms with Gasteiger partial charge < -0.3 is 10.1 Å². The number of carbonyl (C=O) groups is 1. The van der Waals surface area contributed by atoms with Crippen LogP contribution in [0.25, 0.3) is 11.1 Å². The minimum atomic E-state index is -0.124. The van der Waals surface area contributed by atoms with Gasteiger partial charge in [0, 0.05) is 36.6 Å². The van der Waals surface area contributed by atoms with Crippen molar-refractivity contribution < 1.29 is 9.53 Å². The van der Waals surface area contributed by atoms with E-state index < -0.39 is 0 Å². The lowest BCUT2D eigenvalue weighted by molar-refractivity contribution is 0.0951. The molecule has 4 nitrogen and oxygen atoms in total. The molecule has 0 aliphatic heterocycles. The van der Waals surface area contributed by atoms with Gasteiger partial charge in [0.2, 0.25) is 0 Å². The standard InChI is InChI=1S/C21H19ClN2O2/c1-26-14-18-3-2-17(12-20(18)16-4-6-19(22)7-5-16)21(25)24-13-15-8-10-23-11-9-15/h2-12H,13-14H2,1H3,(H,24,25). The number of amides is 1. The van der Waals surface area contributed by atoms with Crippen LogP contribution in [0.15, 0.2) is 67.0 Å². The molecule has 1 heterocycles. The third kappa shape index (κ3) is 4.48. The molecule has 0 atom stereocenters. The third-order valence-electron chi connectivity index (χ3n) is 4.03.